The largest absolute Gasteiger partial charge is 0.490 e. The van der Waals surface area contributed by atoms with E-state index in [-0.39, 0.29) is 5.91 Å². The minimum absolute atomic E-state index is 0.0958. The SMILES string of the molecule is C=CCOc1ccc(/C=C2\S/C(=N/c3ccccn3)N(CC=C)C2=O)cc1. The third kappa shape index (κ3) is 4.74. The third-order valence-corrected chi connectivity index (χ3v) is 4.61. The summed E-state index contributed by atoms with van der Waals surface area (Å²) in [6, 6.07) is 13.0. The minimum atomic E-state index is -0.0958. The highest BCUT2D eigenvalue weighted by atomic mass is 32.2. The number of carbonyl (C=O) groups is 1. The normalized spacial score (nSPS) is 16.7. The molecule has 27 heavy (non-hydrogen) atoms. The van der Waals surface area contributed by atoms with Gasteiger partial charge in [0.2, 0.25) is 0 Å². The zero-order valence-corrected chi connectivity index (χ0v) is 15.6. The number of carbonyl (C=O) groups excluding carboxylic acids is 1. The molecule has 0 saturated carbocycles. The van der Waals surface area contributed by atoms with Crippen LogP contribution in [0.3, 0.4) is 0 Å². The summed E-state index contributed by atoms with van der Waals surface area (Å²) >= 11 is 1.33. The second kappa shape index (κ2) is 9.00. The van der Waals surface area contributed by atoms with Crippen molar-refractivity contribution in [2.24, 2.45) is 4.99 Å². The van der Waals surface area contributed by atoms with Gasteiger partial charge in [0.05, 0.1) is 4.91 Å². The van der Waals surface area contributed by atoms with E-state index in [2.05, 4.69) is 23.1 Å². The molecular formula is C21H19N3O2S. The summed E-state index contributed by atoms with van der Waals surface area (Å²) in [5.41, 5.74) is 0.912. The number of nitrogens with zero attached hydrogens (tertiary/aromatic N) is 3. The fourth-order valence-corrected chi connectivity index (χ4v) is 3.36. The van der Waals surface area contributed by atoms with Crippen molar-refractivity contribution in [3.8, 4) is 5.75 Å². The second-order valence-electron chi connectivity index (χ2n) is 5.57. The van der Waals surface area contributed by atoms with Crippen LogP contribution in [0.25, 0.3) is 6.08 Å². The Labute approximate surface area is 162 Å². The predicted octanol–water partition coefficient (Wildman–Crippen LogP) is 4.44. The third-order valence-electron chi connectivity index (χ3n) is 3.60. The van der Waals surface area contributed by atoms with Crippen molar-refractivity contribution < 1.29 is 9.53 Å². The molecule has 2 heterocycles. The Balaban J connectivity index is 1.84. The molecule has 0 N–H and O–H groups in total. The number of aromatic nitrogens is 1. The number of rotatable bonds is 7. The van der Waals surface area contributed by atoms with Gasteiger partial charge in [-0.05, 0) is 47.7 Å². The van der Waals surface area contributed by atoms with Crippen LogP contribution < -0.4 is 4.74 Å². The van der Waals surface area contributed by atoms with Gasteiger partial charge in [-0.1, -0.05) is 36.9 Å². The summed E-state index contributed by atoms with van der Waals surface area (Å²) < 4.78 is 5.48. The average Bonchev–Trinajstić information content (AvgIpc) is 2.97. The minimum Gasteiger partial charge on any atom is -0.490 e. The first-order chi connectivity index (χ1) is 13.2. The molecule has 2 aromatic rings. The van der Waals surface area contributed by atoms with Crippen molar-refractivity contribution in [1.29, 1.82) is 0 Å². The molecule has 1 aromatic heterocycles. The fourth-order valence-electron chi connectivity index (χ4n) is 2.37. The highest BCUT2D eigenvalue weighted by Crippen LogP contribution is 2.33. The van der Waals surface area contributed by atoms with Crippen molar-refractivity contribution in [3.63, 3.8) is 0 Å². The number of hydrogen-bond donors (Lipinski definition) is 0. The molecule has 1 aliphatic rings. The van der Waals surface area contributed by atoms with Crippen LogP contribution in [0.2, 0.25) is 0 Å². The van der Waals surface area contributed by atoms with E-state index in [0.29, 0.717) is 29.0 Å². The molecule has 1 aliphatic heterocycles. The maximum Gasteiger partial charge on any atom is 0.267 e. The fraction of sp³-hybridized carbons (Fsp3) is 0.0952. The lowest BCUT2D eigenvalue weighted by Gasteiger charge is -2.12. The zero-order valence-electron chi connectivity index (χ0n) is 14.7. The number of amidine groups is 1. The van der Waals surface area contributed by atoms with Gasteiger partial charge in [0.15, 0.2) is 11.0 Å². The zero-order chi connectivity index (χ0) is 19.1. The number of hydrogen-bond acceptors (Lipinski definition) is 5. The first-order valence-electron chi connectivity index (χ1n) is 8.37. The summed E-state index contributed by atoms with van der Waals surface area (Å²) in [5.74, 6) is 1.22. The Morgan fingerprint density at radius 1 is 1.15 bits per heavy atom. The summed E-state index contributed by atoms with van der Waals surface area (Å²) in [7, 11) is 0. The van der Waals surface area contributed by atoms with Crippen molar-refractivity contribution in [2.75, 3.05) is 13.2 Å². The van der Waals surface area contributed by atoms with Gasteiger partial charge in [-0.2, -0.15) is 0 Å². The van der Waals surface area contributed by atoms with Crippen LogP contribution in [0.15, 0.2) is 83.9 Å². The maximum absolute atomic E-state index is 12.8. The van der Waals surface area contributed by atoms with E-state index in [9.17, 15) is 4.79 Å². The topological polar surface area (TPSA) is 54.8 Å². The number of benzene rings is 1. The molecule has 0 radical (unpaired) electrons. The number of amides is 1. The molecule has 5 nitrogen and oxygen atoms in total. The van der Waals surface area contributed by atoms with Gasteiger partial charge in [0.1, 0.15) is 12.4 Å². The number of ether oxygens (including phenoxy) is 1. The van der Waals surface area contributed by atoms with Crippen molar-refractivity contribution in [1.82, 2.24) is 9.88 Å². The van der Waals surface area contributed by atoms with E-state index in [1.807, 2.05) is 42.5 Å². The van der Waals surface area contributed by atoms with Crippen molar-refractivity contribution in [2.45, 2.75) is 0 Å². The van der Waals surface area contributed by atoms with Crippen LogP contribution in [-0.2, 0) is 4.79 Å². The highest BCUT2D eigenvalue weighted by Gasteiger charge is 2.32. The van der Waals surface area contributed by atoms with Gasteiger partial charge in [0.25, 0.3) is 5.91 Å². The molecule has 0 spiro atoms. The van der Waals surface area contributed by atoms with Crippen LogP contribution in [0.5, 0.6) is 5.75 Å². The lowest BCUT2D eigenvalue weighted by molar-refractivity contribution is -0.121. The van der Waals surface area contributed by atoms with E-state index in [1.54, 1.807) is 29.3 Å². The molecule has 1 amide bonds. The van der Waals surface area contributed by atoms with E-state index in [4.69, 9.17) is 4.74 Å². The van der Waals surface area contributed by atoms with Crippen LogP contribution in [0.4, 0.5) is 5.82 Å². The van der Waals surface area contributed by atoms with Crippen LogP contribution in [-0.4, -0.2) is 34.1 Å². The molecule has 136 valence electrons. The molecule has 1 aromatic carbocycles. The summed E-state index contributed by atoms with van der Waals surface area (Å²) in [4.78, 5) is 23.7. The van der Waals surface area contributed by atoms with Crippen LogP contribution >= 0.6 is 11.8 Å². The Hall–Kier alpha value is -3.12. The Morgan fingerprint density at radius 2 is 1.96 bits per heavy atom. The number of pyridine rings is 1. The van der Waals surface area contributed by atoms with Crippen molar-refractivity contribution >= 4 is 34.7 Å². The molecule has 6 heteroatoms. The van der Waals surface area contributed by atoms with Crippen LogP contribution in [0, 0.1) is 0 Å². The molecule has 1 saturated heterocycles. The summed E-state index contributed by atoms with van der Waals surface area (Å²) in [5, 5.41) is 0.593. The lowest BCUT2D eigenvalue weighted by Crippen LogP contribution is -2.29. The average molecular weight is 377 g/mol. The van der Waals surface area contributed by atoms with E-state index < -0.39 is 0 Å². The standard InChI is InChI=1S/C21H19N3O2S/c1-3-13-24-20(25)18(27-21(24)23-19-7-5-6-12-22-19)15-16-8-10-17(11-9-16)26-14-4-2/h3-12,15H,1-2,13-14H2/b18-15-,23-21+. The molecule has 0 unspecified atom stereocenters. The Kier molecular flexibility index (Phi) is 6.22. The molecule has 3 rings (SSSR count). The Morgan fingerprint density at radius 3 is 2.63 bits per heavy atom. The van der Waals surface area contributed by atoms with Gasteiger partial charge in [0, 0.05) is 12.7 Å². The van der Waals surface area contributed by atoms with Crippen molar-refractivity contribution in [3.05, 3.63) is 84.4 Å². The predicted molar refractivity (Wildman–Crippen MR) is 111 cm³/mol. The summed E-state index contributed by atoms with van der Waals surface area (Å²) in [6.07, 6.45) is 6.90. The van der Waals surface area contributed by atoms with E-state index >= 15 is 0 Å². The van der Waals surface area contributed by atoms with Gasteiger partial charge >= 0.3 is 0 Å². The maximum atomic E-state index is 12.8. The number of aliphatic imine (C=N–C) groups is 1. The quantitative estimate of drug-likeness (QED) is 0.529. The van der Waals surface area contributed by atoms with Crippen LogP contribution in [0.1, 0.15) is 5.56 Å². The monoisotopic (exact) mass is 377 g/mol. The Bertz CT molecular complexity index is 889. The van der Waals surface area contributed by atoms with Gasteiger partial charge in [-0.15, -0.1) is 6.58 Å². The highest BCUT2D eigenvalue weighted by molar-refractivity contribution is 8.18. The first-order valence-corrected chi connectivity index (χ1v) is 9.18. The molecular weight excluding hydrogens is 358 g/mol. The lowest BCUT2D eigenvalue weighted by atomic mass is 10.2. The van der Waals surface area contributed by atoms with E-state index in [1.165, 1.54) is 11.8 Å². The molecule has 0 atom stereocenters. The molecule has 0 bridgehead atoms. The van der Waals surface area contributed by atoms with Gasteiger partial charge in [-0.25, -0.2) is 9.98 Å². The second-order valence-corrected chi connectivity index (χ2v) is 6.58. The van der Waals surface area contributed by atoms with E-state index in [0.717, 1.165) is 11.3 Å². The number of thioether (sulfide) groups is 1. The summed E-state index contributed by atoms with van der Waals surface area (Å²) in [6.45, 7) is 8.21. The van der Waals surface area contributed by atoms with Gasteiger partial charge in [-0.3, -0.25) is 9.69 Å². The van der Waals surface area contributed by atoms with Gasteiger partial charge < -0.3 is 4.74 Å². The smallest absolute Gasteiger partial charge is 0.267 e. The molecule has 1 fully saturated rings. The first kappa shape index (κ1) is 18.7. The molecule has 0 aliphatic carbocycles.